The van der Waals surface area contributed by atoms with Crippen LogP contribution in [-0.2, 0) is 0 Å². The minimum absolute atomic E-state index is 0.730. The predicted octanol–water partition coefficient (Wildman–Crippen LogP) is 12.5. The highest BCUT2D eigenvalue weighted by molar-refractivity contribution is 5.82. The maximum absolute atomic E-state index is 6.10. The Balaban J connectivity index is 1.19. The molecule has 0 atom stereocenters. The Labute approximate surface area is 282 Å². The molecular weight excluding hydrogens is 580 g/mol. The van der Waals surface area contributed by atoms with Crippen LogP contribution in [-0.4, -0.2) is 25.6 Å². The van der Waals surface area contributed by atoms with Gasteiger partial charge in [0.1, 0.15) is 23.0 Å². The molecule has 4 aromatic carbocycles. The molecule has 4 aromatic rings. The Morgan fingerprint density at radius 3 is 1.45 bits per heavy atom. The molecule has 0 radical (unpaired) electrons. The first-order valence-electron chi connectivity index (χ1n) is 17.6. The van der Waals surface area contributed by atoms with Gasteiger partial charge in [0.15, 0.2) is 0 Å². The van der Waals surface area contributed by atoms with Crippen molar-refractivity contribution in [2.75, 3.05) is 13.2 Å². The first kappa shape index (κ1) is 35.5. The van der Waals surface area contributed by atoms with Gasteiger partial charge in [0.05, 0.1) is 24.6 Å². The van der Waals surface area contributed by atoms with E-state index in [2.05, 4.69) is 23.8 Å². The summed E-state index contributed by atoms with van der Waals surface area (Å²) in [5.41, 5.74) is 3.73. The first-order chi connectivity index (χ1) is 23.2. The van der Waals surface area contributed by atoms with E-state index in [1.54, 1.807) is 0 Å². The van der Waals surface area contributed by atoms with Crippen LogP contribution in [0.4, 0.5) is 11.4 Å². The molecule has 0 saturated heterocycles. The lowest BCUT2D eigenvalue weighted by molar-refractivity contribution is 0.304. The molecule has 0 aliphatic heterocycles. The molecule has 4 rings (SSSR count). The monoisotopic (exact) mass is 632 g/mol. The third kappa shape index (κ3) is 14.3. The molecule has 0 aromatic heterocycles. The van der Waals surface area contributed by atoms with E-state index in [0.717, 1.165) is 71.6 Å². The summed E-state index contributed by atoms with van der Waals surface area (Å²) in [6.07, 6.45) is 18.9. The minimum atomic E-state index is 0.730. The molecule has 0 amide bonds. The second-order valence-corrected chi connectivity index (χ2v) is 12.0. The van der Waals surface area contributed by atoms with Gasteiger partial charge >= 0.3 is 0 Å². The lowest BCUT2D eigenvalue weighted by Gasteiger charge is -2.07. The zero-order valence-electron chi connectivity index (χ0n) is 28.4. The fourth-order valence-electron chi connectivity index (χ4n) is 5.11. The molecule has 248 valence electrons. The number of ether oxygens (including phenoxy) is 3. The van der Waals surface area contributed by atoms with E-state index in [9.17, 15) is 0 Å². The van der Waals surface area contributed by atoms with Crippen LogP contribution in [0.25, 0.3) is 0 Å². The van der Waals surface area contributed by atoms with Gasteiger partial charge in [-0.25, -0.2) is 0 Å². The molecule has 0 heterocycles. The summed E-state index contributed by atoms with van der Waals surface area (Å²) in [6.45, 7) is 6.04. The fourth-order valence-corrected chi connectivity index (χ4v) is 5.11. The summed E-state index contributed by atoms with van der Waals surface area (Å²) in [6, 6.07) is 31.7. The predicted molar refractivity (Wildman–Crippen MR) is 198 cm³/mol. The Hall–Kier alpha value is -4.38. The lowest BCUT2D eigenvalue weighted by Crippen LogP contribution is -1.97. The third-order valence-electron chi connectivity index (χ3n) is 7.91. The highest BCUT2D eigenvalue weighted by Gasteiger charge is 2.01. The number of unbranched alkanes of at least 4 members (excludes halogenated alkanes) is 10. The molecule has 0 spiro atoms. The molecule has 5 heteroatoms. The third-order valence-corrected chi connectivity index (χ3v) is 7.91. The van der Waals surface area contributed by atoms with Gasteiger partial charge in [0.25, 0.3) is 0 Å². The maximum Gasteiger partial charge on any atom is 0.129 e. The molecule has 47 heavy (non-hydrogen) atoms. The van der Waals surface area contributed by atoms with Crippen LogP contribution in [0.15, 0.2) is 107 Å². The Morgan fingerprint density at radius 2 is 0.915 bits per heavy atom. The van der Waals surface area contributed by atoms with Crippen molar-refractivity contribution in [2.24, 2.45) is 9.98 Å². The van der Waals surface area contributed by atoms with Crippen LogP contribution in [0.3, 0.4) is 0 Å². The molecule has 0 bridgehead atoms. The number of rotatable bonds is 22. The SMILES string of the molecule is CCCCCCCCOc1ccc(C=Nc2ccc(Oc3cccc(N=Cc4ccc(OCCCCCCCC)cc4)c3)cc2)cc1. The maximum atomic E-state index is 6.10. The van der Waals surface area contributed by atoms with Gasteiger partial charge in [-0.15, -0.1) is 0 Å². The van der Waals surface area contributed by atoms with E-state index < -0.39 is 0 Å². The number of nitrogens with zero attached hydrogens (tertiary/aromatic N) is 2. The van der Waals surface area contributed by atoms with Crippen molar-refractivity contribution in [1.82, 2.24) is 0 Å². The van der Waals surface area contributed by atoms with Crippen molar-refractivity contribution >= 4 is 23.8 Å². The molecule has 0 aliphatic carbocycles. The van der Waals surface area contributed by atoms with Gasteiger partial charge in [0.2, 0.25) is 0 Å². The van der Waals surface area contributed by atoms with Gasteiger partial charge in [-0.2, -0.15) is 0 Å². The molecule has 0 fully saturated rings. The molecule has 0 N–H and O–H groups in total. The van der Waals surface area contributed by atoms with Gasteiger partial charge < -0.3 is 14.2 Å². The van der Waals surface area contributed by atoms with Crippen molar-refractivity contribution < 1.29 is 14.2 Å². The van der Waals surface area contributed by atoms with Crippen molar-refractivity contribution in [2.45, 2.75) is 90.9 Å². The second-order valence-electron chi connectivity index (χ2n) is 12.0. The highest BCUT2D eigenvalue weighted by atomic mass is 16.5. The van der Waals surface area contributed by atoms with Crippen molar-refractivity contribution in [1.29, 1.82) is 0 Å². The Morgan fingerprint density at radius 1 is 0.447 bits per heavy atom. The first-order valence-corrected chi connectivity index (χ1v) is 17.6. The molecule has 0 unspecified atom stereocenters. The topological polar surface area (TPSA) is 52.4 Å². The summed E-state index contributed by atoms with van der Waals surface area (Å²) in [4.78, 5) is 9.27. The number of hydrogen-bond acceptors (Lipinski definition) is 5. The summed E-state index contributed by atoms with van der Waals surface area (Å²) < 4.78 is 17.9. The zero-order chi connectivity index (χ0) is 32.8. The van der Waals surface area contributed by atoms with Gasteiger partial charge in [-0.05, 0) is 109 Å². The smallest absolute Gasteiger partial charge is 0.129 e. The average molecular weight is 633 g/mol. The van der Waals surface area contributed by atoms with E-state index in [-0.39, 0.29) is 0 Å². The molecule has 0 aliphatic rings. The fraction of sp³-hybridized carbons (Fsp3) is 0.381. The largest absolute Gasteiger partial charge is 0.494 e. The second kappa shape index (κ2) is 21.4. The van der Waals surface area contributed by atoms with Crippen LogP contribution >= 0.6 is 0 Å². The number of hydrogen-bond donors (Lipinski definition) is 0. The van der Waals surface area contributed by atoms with Crippen molar-refractivity contribution in [3.05, 3.63) is 108 Å². The Kier molecular flexibility index (Phi) is 16.2. The normalized spacial score (nSPS) is 11.4. The summed E-state index contributed by atoms with van der Waals surface area (Å²) in [5, 5.41) is 0. The van der Waals surface area contributed by atoms with E-state index >= 15 is 0 Å². The number of aliphatic imine (C=N–C) groups is 2. The van der Waals surface area contributed by atoms with E-state index in [4.69, 9.17) is 14.2 Å². The molecule has 5 nitrogen and oxygen atoms in total. The van der Waals surface area contributed by atoms with Crippen LogP contribution in [0, 0.1) is 0 Å². The van der Waals surface area contributed by atoms with Gasteiger partial charge in [0, 0.05) is 18.5 Å². The minimum Gasteiger partial charge on any atom is -0.494 e. The zero-order valence-corrected chi connectivity index (χ0v) is 28.4. The van der Waals surface area contributed by atoms with Crippen LogP contribution in [0.2, 0.25) is 0 Å². The summed E-state index contributed by atoms with van der Waals surface area (Å²) >= 11 is 0. The number of benzene rings is 4. The highest BCUT2D eigenvalue weighted by Crippen LogP contribution is 2.27. The average Bonchev–Trinajstić information content (AvgIpc) is 3.11. The van der Waals surface area contributed by atoms with E-state index in [1.165, 1.54) is 64.2 Å². The van der Waals surface area contributed by atoms with Crippen molar-refractivity contribution in [3.8, 4) is 23.0 Å². The quantitative estimate of drug-likeness (QED) is 0.0640. The lowest BCUT2D eigenvalue weighted by atomic mass is 10.1. The van der Waals surface area contributed by atoms with E-state index in [1.807, 2.05) is 109 Å². The van der Waals surface area contributed by atoms with Crippen LogP contribution in [0.1, 0.15) is 102 Å². The standard InChI is InChI=1S/C42H52N2O3/c1-3-5-7-9-11-13-30-45-39-24-18-35(19-25-39)33-43-37-22-28-41(29-23-37)47-42-17-15-16-38(32-42)44-34-36-20-26-40(27-21-36)46-31-14-12-10-8-6-4-2/h15-29,32-34H,3-14,30-31H2,1-2H3. The molecule has 0 saturated carbocycles. The van der Waals surface area contributed by atoms with Gasteiger partial charge in [-0.1, -0.05) is 84.1 Å². The summed E-state index contributed by atoms with van der Waals surface area (Å²) in [5.74, 6) is 3.28. The van der Waals surface area contributed by atoms with Gasteiger partial charge in [-0.3, -0.25) is 9.98 Å². The molecular formula is C42H52N2O3. The van der Waals surface area contributed by atoms with E-state index in [0.29, 0.717) is 0 Å². The Bertz CT molecular complexity index is 1460. The van der Waals surface area contributed by atoms with Crippen molar-refractivity contribution in [3.63, 3.8) is 0 Å². The van der Waals surface area contributed by atoms with Crippen LogP contribution < -0.4 is 14.2 Å². The van der Waals surface area contributed by atoms with Crippen LogP contribution in [0.5, 0.6) is 23.0 Å². The summed E-state index contributed by atoms with van der Waals surface area (Å²) in [7, 11) is 0.